The van der Waals surface area contributed by atoms with Crippen molar-refractivity contribution in [1.82, 2.24) is 4.98 Å². The number of fused-ring (bicyclic) bond motifs is 1. The van der Waals surface area contributed by atoms with Crippen LogP contribution in [0.4, 0.5) is 0 Å². The number of unbranched alkanes of at least 4 members (excludes halogenated alkanes) is 2. The van der Waals surface area contributed by atoms with Crippen molar-refractivity contribution in [2.24, 2.45) is 0 Å². The number of hydrogen-bond donors (Lipinski definition) is 0. The van der Waals surface area contributed by atoms with Crippen LogP contribution in [0.25, 0.3) is 33.3 Å². The van der Waals surface area contributed by atoms with Crippen LogP contribution in [0.15, 0.2) is 84.9 Å². The minimum atomic E-state index is 1.06. The molecule has 0 bridgehead atoms. The molecular weight excluding hydrogens is 326 g/mol. The predicted octanol–water partition coefficient (Wildman–Crippen LogP) is 7.30. The molecule has 27 heavy (non-hydrogen) atoms. The van der Waals surface area contributed by atoms with Crippen LogP contribution in [0.1, 0.15) is 31.7 Å². The van der Waals surface area contributed by atoms with Gasteiger partial charge in [0.25, 0.3) is 0 Å². The van der Waals surface area contributed by atoms with Gasteiger partial charge in [-0.25, -0.2) is 4.98 Å². The highest BCUT2D eigenvalue weighted by atomic mass is 14.7. The van der Waals surface area contributed by atoms with Crippen LogP contribution in [-0.4, -0.2) is 4.98 Å². The van der Waals surface area contributed by atoms with E-state index in [0.717, 1.165) is 17.6 Å². The molecule has 1 heteroatoms. The zero-order valence-corrected chi connectivity index (χ0v) is 15.9. The van der Waals surface area contributed by atoms with Gasteiger partial charge < -0.3 is 0 Å². The lowest BCUT2D eigenvalue weighted by molar-refractivity contribution is 0.717. The summed E-state index contributed by atoms with van der Waals surface area (Å²) >= 11 is 0. The normalized spacial score (nSPS) is 11.0. The van der Waals surface area contributed by atoms with Gasteiger partial charge in [0.2, 0.25) is 0 Å². The topological polar surface area (TPSA) is 12.9 Å². The molecule has 0 unspecified atom stereocenters. The van der Waals surface area contributed by atoms with Crippen molar-refractivity contribution in [1.29, 1.82) is 0 Å². The standard InChI is InChI=1S/C26H25N/c1-2-3-5-15-22-19-21-14-8-11-18-25(21)27-26(22)24-17-10-9-16-23(24)20-12-6-4-7-13-20/h4,6-14,16-19H,2-3,5,15H2,1H3. The van der Waals surface area contributed by atoms with E-state index in [0.29, 0.717) is 0 Å². The molecule has 0 atom stereocenters. The third kappa shape index (κ3) is 3.78. The quantitative estimate of drug-likeness (QED) is 0.332. The molecule has 0 radical (unpaired) electrons. The molecule has 0 fully saturated rings. The minimum Gasteiger partial charge on any atom is -0.247 e. The summed E-state index contributed by atoms with van der Waals surface area (Å²) in [7, 11) is 0. The fourth-order valence-electron chi connectivity index (χ4n) is 3.71. The molecule has 0 saturated heterocycles. The largest absolute Gasteiger partial charge is 0.247 e. The van der Waals surface area contributed by atoms with Gasteiger partial charge in [-0.05, 0) is 41.7 Å². The first-order valence-corrected chi connectivity index (χ1v) is 9.90. The number of hydrogen-bond acceptors (Lipinski definition) is 1. The molecule has 0 aliphatic rings. The van der Waals surface area contributed by atoms with Crippen molar-refractivity contribution in [2.75, 3.05) is 0 Å². The van der Waals surface area contributed by atoms with Crippen molar-refractivity contribution >= 4 is 10.9 Å². The zero-order chi connectivity index (χ0) is 18.5. The smallest absolute Gasteiger partial charge is 0.0747 e. The van der Waals surface area contributed by atoms with Crippen molar-refractivity contribution in [3.63, 3.8) is 0 Å². The number of pyridine rings is 1. The van der Waals surface area contributed by atoms with Gasteiger partial charge in [0.1, 0.15) is 0 Å². The first kappa shape index (κ1) is 17.5. The number of aryl methyl sites for hydroxylation is 1. The molecule has 1 heterocycles. The maximum absolute atomic E-state index is 5.11. The lowest BCUT2D eigenvalue weighted by Gasteiger charge is -2.15. The Hall–Kier alpha value is -2.93. The summed E-state index contributed by atoms with van der Waals surface area (Å²) in [5.74, 6) is 0. The van der Waals surface area contributed by atoms with Gasteiger partial charge in [0, 0.05) is 10.9 Å². The van der Waals surface area contributed by atoms with E-state index >= 15 is 0 Å². The third-order valence-electron chi connectivity index (χ3n) is 5.12. The summed E-state index contributed by atoms with van der Waals surface area (Å²) in [5, 5.41) is 1.23. The summed E-state index contributed by atoms with van der Waals surface area (Å²) < 4.78 is 0. The van der Waals surface area contributed by atoms with E-state index in [1.165, 1.54) is 46.9 Å². The maximum Gasteiger partial charge on any atom is 0.0747 e. The Labute approximate surface area is 161 Å². The van der Waals surface area contributed by atoms with Crippen LogP contribution >= 0.6 is 0 Å². The SMILES string of the molecule is CCCCCc1cc2ccccc2nc1-c1ccccc1-c1ccccc1. The minimum absolute atomic E-state index is 1.06. The Balaban J connectivity index is 1.89. The lowest BCUT2D eigenvalue weighted by atomic mass is 9.93. The number of aromatic nitrogens is 1. The Kier molecular flexibility index (Phi) is 5.29. The summed E-state index contributed by atoms with van der Waals surface area (Å²) in [5.41, 5.74) is 7.26. The Morgan fingerprint density at radius 3 is 2.22 bits per heavy atom. The van der Waals surface area contributed by atoms with Gasteiger partial charge >= 0.3 is 0 Å². The molecule has 0 amide bonds. The van der Waals surface area contributed by atoms with E-state index in [-0.39, 0.29) is 0 Å². The van der Waals surface area contributed by atoms with E-state index < -0.39 is 0 Å². The highest BCUT2D eigenvalue weighted by Crippen LogP contribution is 2.34. The van der Waals surface area contributed by atoms with E-state index in [1.807, 2.05) is 0 Å². The van der Waals surface area contributed by atoms with Crippen molar-refractivity contribution in [2.45, 2.75) is 32.6 Å². The molecule has 1 nitrogen and oxygen atoms in total. The van der Waals surface area contributed by atoms with E-state index in [1.54, 1.807) is 0 Å². The highest BCUT2D eigenvalue weighted by molar-refractivity contribution is 5.88. The van der Waals surface area contributed by atoms with Gasteiger partial charge in [-0.1, -0.05) is 92.6 Å². The molecular formula is C26H25N. The lowest BCUT2D eigenvalue weighted by Crippen LogP contribution is -1.97. The molecule has 0 saturated carbocycles. The number of benzene rings is 3. The Bertz CT molecular complexity index is 1030. The fourth-order valence-corrected chi connectivity index (χ4v) is 3.71. The van der Waals surface area contributed by atoms with E-state index in [2.05, 4.69) is 91.9 Å². The molecule has 0 aliphatic heterocycles. The van der Waals surface area contributed by atoms with Crippen LogP contribution in [0.5, 0.6) is 0 Å². The molecule has 134 valence electrons. The fraction of sp³-hybridized carbons (Fsp3) is 0.192. The number of para-hydroxylation sites is 1. The van der Waals surface area contributed by atoms with Crippen LogP contribution < -0.4 is 0 Å². The van der Waals surface area contributed by atoms with Crippen molar-refractivity contribution in [3.8, 4) is 22.4 Å². The molecule has 0 aliphatic carbocycles. The average molecular weight is 351 g/mol. The van der Waals surface area contributed by atoms with E-state index in [4.69, 9.17) is 4.98 Å². The van der Waals surface area contributed by atoms with Gasteiger partial charge in [-0.3, -0.25) is 0 Å². The second-order valence-corrected chi connectivity index (χ2v) is 7.06. The Morgan fingerprint density at radius 2 is 1.41 bits per heavy atom. The van der Waals surface area contributed by atoms with Crippen LogP contribution in [0, 0.1) is 0 Å². The molecule has 0 N–H and O–H groups in total. The summed E-state index contributed by atoms with van der Waals surface area (Å²) in [4.78, 5) is 5.11. The van der Waals surface area contributed by atoms with Gasteiger partial charge in [0.05, 0.1) is 11.2 Å². The summed E-state index contributed by atoms with van der Waals surface area (Å²) in [6.07, 6.45) is 4.77. The highest BCUT2D eigenvalue weighted by Gasteiger charge is 2.13. The van der Waals surface area contributed by atoms with Gasteiger partial charge in [-0.2, -0.15) is 0 Å². The third-order valence-corrected chi connectivity index (χ3v) is 5.12. The average Bonchev–Trinajstić information content (AvgIpc) is 2.74. The maximum atomic E-state index is 5.11. The van der Waals surface area contributed by atoms with Crippen molar-refractivity contribution in [3.05, 3.63) is 90.5 Å². The molecule has 3 aromatic carbocycles. The molecule has 4 rings (SSSR count). The second kappa shape index (κ2) is 8.18. The molecule has 0 spiro atoms. The number of nitrogens with zero attached hydrogens (tertiary/aromatic N) is 1. The van der Waals surface area contributed by atoms with E-state index in [9.17, 15) is 0 Å². The second-order valence-electron chi connectivity index (χ2n) is 7.06. The first-order chi connectivity index (χ1) is 13.4. The van der Waals surface area contributed by atoms with Crippen molar-refractivity contribution < 1.29 is 0 Å². The Morgan fingerprint density at radius 1 is 0.704 bits per heavy atom. The summed E-state index contributed by atoms with van der Waals surface area (Å²) in [6.45, 7) is 2.25. The first-order valence-electron chi connectivity index (χ1n) is 9.90. The van der Waals surface area contributed by atoms with Crippen LogP contribution in [-0.2, 0) is 6.42 Å². The molecule has 4 aromatic rings. The monoisotopic (exact) mass is 351 g/mol. The summed E-state index contributed by atoms with van der Waals surface area (Å²) in [6, 6.07) is 30.1. The molecule has 1 aromatic heterocycles. The van der Waals surface area contributed by atoms with Crippen LogP contribution in [0.3, 0.4) is 0 Å². The zero-order valence-electron chi connectivity index (χ0n) is 15.9. The van der Waals surface area contributed by atoms with Crippen LogP contribution in [0.2, 0.25) is 0 Å². The van der Waals surface area contributed by atoms with Gasteiger partial charge in [0.15, 0.2) is 0 Å². The number of rotatable bonds is 6. The van der Waals surface area contributed by atoms with Gasteiger partial charge in [-0.15, -0.1) is 0 Å². The predicted molar refractivity (Wildman–Crippen MR) is 116 cm³/mol.